The molecule has 0 radical (unpaired) electrons. The van der Waals surface area contributed by atoms with E-state index in [1.54, 1.807) is 4.72 Å². The highest BCUT2D eigenvalue weighted by molar-refractivity contribution is 7.92. The van der Waals surface area contributed by atoms with Gasteiger partial charge in [-0.25, -0.2) is 22.0 Å². The lowest BCUT2D eigenvalue weighted by atomic mass is 10.1. The number of carbonyl (C=O) groups excluding carboxylic acids is 1. The topological polar surface area (TPSA) is 97.6 Å². The van der Waals surface area contributed by atoms with Crippen LogP contribution in [0.3, 0.4) is 0 Å². The number of anilines is 1. The van der Waals surface area contributed by atoms with Gasteiger partial charge in [-0.3, -0.25) is 4.72 Å². The van der Waals surface area contributed by atoms with E-state index in [0.717, 1.165) is 30.5 Å². The van der Waals surface area contributed by atoms with Crippen LogP contribution >= 0.6 is 0 Å². The number of nitrogens with one attached hydrogen (secondary N) is 2. The van der Waals surface area contributed by atoms with E-state index >= 15 is 0 Å². The molecule has 0 aliphatic carbocycles. The van der Waals surface area contributed by atoms with Crippen LogP contribution in [0.15, 0.2) is 52.9 Å². The van der Waals surface area contributed by atoms with Crippen LogP contribution in [0.4, 0.5) is 32.4 Å². The van der Waals surface area contributed by atoms with Gasteiger partial charge in [-0.15, -0.1) is 0 Å². The van der Waals surface area contributed by atoms with Gasteiger partial charge in [0.15, 0.2) is 11.6 Å². The first-order chi connectivity index (χ1) is 15.7. The summed E-state index contributed by atoms with van der Waals surface area (Å²) < 4.78 is 101. The predicted octanol–water partition coefficient (Wildman–Crippen LogP) is 5.46. The van der Waals surface area contributed by atoms with E-state index in [0.29, 0.717) is 0 Å². The Hall–Kier alpha value is -3.61. The van der Waals surface area contributed by atoms with Crippen LogP contribution in [0.25, 0.3) is 11.3 Å². The van der Waals surface area contributed by atoms with Crippen LogP contribution in [0.1, 0.15) is 24.1 Å². The minimum atomic E-state index is -4.55. The van der Waals surface area contributed by atoms with Gasteiger partial charge in [0.25, 0.3) is 5.95 Å². The molecule has 0 bridgehead atoms. The number of benzene rings is 2. The summed E-state index contributed by atoms with van der Waals surface area (Å²) in [6.45, 7) is 1.38. The van der Waals surface area contributed by atoms with Crippen LogP contribution in [-0.4, -0.2) is 20.8 Å². The molecule has 0 aliphatic heterocycles. The minimum absolute atomic E-state index is 0.0139. The molecule has 1 heterocycles. The summed E-state index contributed by atoms with van der Waals surface area (Å²) in [5.74, 6) is -2.71. The van der Waals surface area contributed by atoms with Crippen molar-refractivity contribution in [1.82, 2.24) is 5.32 Å². The number of furan rings is 1. The summed E-state index contributed by atoms with van der Waals surface area (Å²) in [7, 11) is -3.92. The van der Waals surface area contributed by atoms with Crippen molar-refractivity contribution in [3.8, 4) is 17.3 Å². The number of sulfonamides is 1. The van der Waals surface area contributed by atoms with Crippen LogP contribution in [-0.2, 0) is 16.2 Å². The van der Waals surface area contributed by atoms with Gasteiger partial charge >= 0.3 is 12.3 Å². The highest BCUT2D eigenvalue weighted by Crippen LogP contribution is 2.33. The van der Waals surface area contributed by atoms with Crippen LogP contribution < -0.4 is 14.8 Å². The van der Waals surface area contributed by atoms with Crippen LogP contribution in [0.2, 0.25) is 0 Å². The molecule has 0 aliphatic rings. The Labute approximate surface area is 190 Å². The normalized spacial score (nSPS) is 12.8. The Bertz CT molecular complexity index is 1300. The second-order valence-electron chi connectivity index (χ2n) is 7.19. The van der Waals surface area contributed by atoms with Crippen LogP contribution in [0.5, 0.6) is 5.95 Å². The molecule has 0 unspecified atom stereocenters. The number of halogens is 5. The second-order valence-corrected chi connectivity index (χ2v) is 8.94. The smallest absolute Gasteiger partial charge is 0.416 e. The third kappa shape index (κ3) is 6.25. The fourth-order valence-corrected chi connectivity index (χ4v) is 3.45. The highest BCUT2D eigenvalue weighted by Gasteiger charge is 2.30. The Balaban J connectivity index is 1.68. The molecule has 1 atom stereocenters. The van der Waals surface area contributed by atoms with Crippen molar-refractivity contribution in [1.29, 1.82) is 0 Å². The molecule has 3 rings (SSSR count). The quantitative estimate of drug-likeness (QED) is 0.434. The third-order valence-electron chi connectivity index (χ3n) is 4.44. The first kappa shape index (κ1) is 25.0. The Morgan fingerprint density at radius 1 is 1.06 bits per heavy atom. The molecule has 0 fully saturated rings. The molecule has 34 heavy (non-hydrogen) atoms. The zero-order valence-corrected chi connectivity index (χ0v) is 18.4. The summed E-state index contributed by atoms with van der Waals surface area (Å²) >= 11 is 0. The number of rotatable bonds is 6. The van der Waals surface area contributed by atoms with Crippen molar-refractivity contribution in [2.45, 2.75) is 19.1 Å². The summed E-state index contributed by atoms with van der Waals surface area (Å²) in [5.41, 5.74) is -1.67. The number of ether oxygens (including phenoxy) is 1. The molecular weight excluding hydrogens is 487 g/mol. The lowest BCUT2D eigenvalue weighted by molar-refractivity contribution is -0.137. The van der Waals surface area contributed by atoms with E-state index in [2.05, 4.69) is 5.32 Å². The van der Waals surface area contributed by atoms with Gasteiger partial charge in [0.2, 0.25) is 10.0 Å². The standard InChI is InChI=1S/C21H17F5N2O5S/c1-11(13-9-15(22)19(16(23)10-13)28-34(2,30)31)27-20(29)33-18-7-6-17(32-18)12-4-3-5-14(8-12)21(24,25)26/h3-11,28H,1-2H3,(H,27,29)/t11-/m1/s1. The van der Waals surface area contributed by atoms with Gasteiger partial charge < -0.3 is 14.5 Å². The number of amides is 1. The van der Waals surface area contributed by atoms with Crippen molar-refractivity contribution in [2.75, 3.05) is 11.0 Å². The summed E-state index contributed by atoms with van der Waals surface area (Å²) in [5, 5.41) is 2.30. The molecule has 0 saturated carbocycles. The molecule has 2 N–H and O–H groups in total. The zero-order chi connectivity index (χ0) is 25.3. The van der Waals surface area contributed by atoms with Gasteiger partial charge in [-0.2, -0.15) is 13.2 Å². The van der Waals surface area contributed by atoms with E-state index in [4.69, 9.17) is 9.15 Å². The average Bonchev–Trinajstić information content (AvgIpc) is 3.17. The average molecular weight is 504 g/mol. The maximum Gasteiger partial charge on any atom is 0.416 e. The third-order valence-corrected chi connectivity index (χ3v) is 5.01. The number of alkyl halides is 3. The largest absolute Gasteiger partial charge is 0.425 e. The molecule has 1 aromatic heterocycles. The van der Waals surface area contributed by atoms with Crippen molar-refractivity contribution in [2.24, 2.45) is 0 Å². The molecule has 13 heteroatoms. The monoisotopic (exact) mass is 504 g/mol. The molecule has 1 amide bonds. The van der Waals surface area contributed by atoms with E-state index in [-0.39, 0.29) is 22.8 Å². The van der Waals surface area contributed by atoms with Crippen LogP contribution in [0, 0.1) is 11.6 Å². The van der Waals surface area contributed by atoms with Crippen molar-refractivity contribution in [3.63, 3.8) is 0 Å². The molecule has 2 aromatic carbocycles. The van der Waals surface area contributed by atoms with Gasteiger partial charge in [0, 0.05) is 11.6 Å². The maximum atomic E-state index is 14.2. The Morgan fingerprint density at radius 2 is 1.71 bits per heavy atom. The molecular formula is C21H17F5N2O5S. The van der Waals surface area contributed by atoms with Gasteiger partial charge in [-0.1, -0.05) is 12.1 Å². The van der Waals surface area contributed by atoms with Crippen molar-refractivity contribution < 1.29 is 44.3 Å². The molecule has 7 nitrogen and oxygen atoms in total. The van der Waals surface area contributed by atoms with Gasteiger partial charge in [0.1, 0.15) is 11.4 Å². The second kappa shape index (κ2) is 9.33. The van der Waals surface area contributed by atoms with E-state index < -0.39 is 51.2 Å². The number of carbonyl (C=O) groups is 1. The maximum absolute atomic E-state index is 14.2. The Morgan fingerprint density at radius 3 is 2.29 bits per heavy atom. The zero-order valence-electron chi connectivity index (χ0n) is 17.5. The van der Waals surface area contributed by atoms with E-state index in [9.17, 15) is 35.2 Å². The van der Waals surface area contributed by atoms with E-state index in [1.807, 2.05) is 0 Å². The molecule has 182 valence electrons. The minimum Gasteiger partial charge on any atom is -0.425 e. The summed E-state index contributed by atoms with van der Waals surface area (Å²) in [4.78, 5) is 12.1. The van der Waals surface area contributed by atoms with E-state index in [1.165, 1.54) is 31.2 Å². The summed E-state index contributed by atoms with van der Waals surface area (Å²) in [6, 6.07) is 7.56. The van der Waals surface area contributed by atoms with Gasteiger partial charge in [0.05, 0.1) is 17.9 Å². The molecule has 0 saturated heterocycles. The molecule has 3 aromatic rings. The number of hydrogen-bond acceptors (Lipinski definition) is 5. The lowest BCUT2D eigenvalue weighted by Gasteiger charge is -2.15. The lowest BCUT2D eigenvalue weighted by Crippen LogP contribution is -2.29. The highest BCUT2D eigenvalue weighted by atomic mass is 32.2. The number of hydrogen-bond donors (Lipinski definition) is 2. The van der Waals surface area contributed by atoms with Crippen molar-refractivity contribution >= 4 is 21.8 Å². The first-order valence-electron chi connectivity index (χ1n) is 9.45. The van der Waals surface area contributed by atoms with Gasteiger partial charge in [-0.05, 0) is 42.8 Å². The predicted molar refractivity (Wildman–Crippen MR) is 112 cm³/mol. The molecule has 0 spiro atoms. The van der Waals surface area contributed by atoms with Crippen molar-refractivity contribution in [3.05, 3.63) is 71.3 Å². The fraction of sp³-hybridized carbons (Fsp3) is 0.190. The Kier molecular flexibility index (Phi) is 6.87. The first-order valence-corrected chi connectivity index (χ1v) is 11.3. The fourth-order valence-electron chi connectivity index (χ4n) is 2.89. The summed E-state index contributed by atoms with van der Waals surface area (Å²) in [6.07, 6.45) is -4.89. The SMILES string of the molecule is C[C@@H](NC(=O)Oc1ccc(-c2cccc(C(F)(F)F)c2)o1)c1cc(F)c(NS(C)(=O)=O)c(F)c1.